The second-order valence-corrected chi connectivity index (χ2v) is 8.51. The largest absolute Gasteiger partial charge is 0.351 e. The number of hydrogen-bond acceptors (Lipinski definition) is 4. The predicted molar refractivity (Wildman–Crippen MR) is 84.0 cm³/mol. The van der Waals surface area contributed by atoms with Gasteiger partial charge < -0.3 is 10.6 Å². The van der Waals surface area contributed by atoms with E-state index in [4.69, 9.17) is 0 Å². The molecule has 6 nitrogen and oxygen atoms in total. The Labute approximate surface area is 138 Å². The Kier molecular flexibility index (Phi) is 4.93. The van der Waals surface area contributed by atoms with Gasteiger partial charge in [0.15, 0.2) is 9.84 Å². The summed E-state index contributed by atoms with van der Waals surface area (Å²) < 4.78 is 49.3. The van der Waals surface area contributed by atoms with E-state index < -0.39 is 44.7 Å². The smallest absolute Gasteiger partial charge is 0.239 e. The van der Waals surface area contributed by atoms with Crippen molar-refractivity contribution in [3.63, 3.8) is 0 Å². The van der Waals surface area contributed by atoms with E-state index in [1.807, 2.05) is 0 Å². The molecule has 0 radical (unpaired) electrons. The summed E-state index contributed by atoms with van der Waals surface area (Å²) in [4.78, 5) is 24.5. The number of hydrogen-bond donors (Lipinski definition) is 2. The van der Waals surface area contributed by atoms with E-state index in [2.05, 4.69) is 10.6 Å². The van der Waals surface area contributed by atoms with Crippen LogP contribution in [0.25, 0.3) is 0 Å². The van der Waals surface area contributed by atoms with Crippen molar-refractivity contribution in [3.8, 4) is 0 Å². The second kappa shape index (κ2) is 6.46. The minimum absolute atomic E-state index is 0.00857. The lowest BCUT2D eigenvalue weighted by molar-refractivity contribution is -0.138. The molecule has 2 rings (SSSR count). The van der Waals surface area contributed by atoms with Crippen molar-refractivity contribution in [2.75, 3.05) is 16.8 Å². The number of anilines is 1. The van der Waals surface area contributed by atoms with Gasteiger partial charge in [-0.25, -0.2) is 17.2 Å². The van der Waals surface area contributed by atoms with Crippen LogP contribution in [0.2, 0.25) is 0 Å². The van der Waals surface area contributed by atoms with E-state index >= 15 is 0 Å². The summed E-state index contributed by atoms with van der Waals surface area (Å²) in [5, 5.41) is 4.77. The SMILES string of the molecule is CC(C)(C(=O)Nc1ccc(F)cc1F)C(=O)NC1CCS(=O)(=O)C1. The normalized spacial score (nSPS) is 19.8. The lowest BCUT2D eigenvalue weighted by Gasteiger charge is -2.24. The van der Waals surface area contributed by atoms with Crippen LogP contribution in [-0.4, -0.2) is 37.8 Å². The first-order chi connectivity index (χ1) is 11.0. The molecule has 0 aliphatic carbocycles. The highest BCUT2D eigenvalue weighted by Gasteiger charge is 2.39. The van der Waals surface area contributed by atoms with Gasteiger partial charge in [-0.05, 0) is 32.4 Å². The van der Waals surface area contributed by atoms with Gasteiger partial charge in [0.25, 0.3) is 0 Å². The molecule has 1 fully saturated rings. The van der Waals surface area contributed by atoms with Crippen molar-refractivity contribution in [3.05, 3.63) is 29.8 Å². The minimum Gasteiger partial charge on any atom is -0.351 e. The van der Waals surface area contributed by atoms with Gasteiger partial charge in [0.1, 0.15) is 17.0 Å². The van der Waals surface area contributed by atoms with Gasteiger partial charge in [0, 0.05) is 12.1 Å². The van der Waals surface area contributed by atoms with E-state index in [0.29, 0.717) is 12.5 Å². The van der Waals surface area contributed by atoms with Gasteiger partial charge in [-0.1, -0.05) is 0 Å². The van der Waals surface area contributed by atoms with Gasteiger partial charge in [0.05, 0.1) is 17.2 Å². The van der Waals surface area contributed by atoms with Crippen molar-refractivity contribution in [1.29, 1.82) is 0 Å². The van der Waals surface area contributed by atoms with Crippen molar-refractivity contribution in [2.24, 2.45) is 5.41 Å². The highest BCUT2D eigenvalue weighted by molar-refractivity contribution is 7.91. The van der Waals surface area contributed by atoms with E-state index in [9.17, 15) is 26.8 Å². The van der Waals surface area contributed by atoms with Crippen LogP contribution in [0.3, 0.4) is 0 Å². The number of sulfone groups is 1. The summed E-state index contributed by atoms with van der Waals surface area (Å²) in [6, 6.07) is 2.11. The zero-order valence-electron chi connectivity index (χ0n) is 13.2. The highest BCUT2D eigenvalue weighted by Crippen LogP contribution is 2.22. The number of halogens is 2. The van der Waals surface area contributed by atoms with Gasteiger partial charge in [-0.3, -0.25) is 9.59 Å². The Morgan fingerprint density at radius 2 is 1.88 bits per heavy atom. The number of benzene rings is 1. The van der Waals surface area contributed by atoms with Crippen molar-refractivity contribution in [1.82, 2.24) is 5.32 Å². The van der Waals surface area contributed by atoms with Crippen molar-refractivity contribution >= 4 is 27.3 Å². The van der Waals surface area contributed by atoms with Gasteiger partial charge in [-0.2, -0.15) is 0 Å². The summed E-state index contributed by atoms with van der Waals surface area (Å²) in [7, 11) is -3.17. The molecule has 0 spiro atoms. The zero-order valence-corrected chi connectivity index (χ0v) is 14.0. The Balaban J connectivity index is 2.05. The summed E-state index contributed by atoms with van der Waals surface area (Å²) in [5.74, 6) is -3.36. The molecule has 1 aromatic rings. The Morgan fingerprint density at radius 3 is 2.42 bits per heavy atom. The minimum atomic E-state index is -3.17. The second-order valence-electron chi connectivity index (χ2n) is 6.28. The van der Waals surface area contributed by atoms with Crippen LogP contribution < -0.4 is 10.6 Å². The first kappa shape index (κ1) is 18.3. The average Bonchev–Trinajstić information content (AvgIpc) is 2.80. The third-order valence-electron chi connectivity index (χ3n) is 3.88. The fourth-order valence-corrected chi connectivity index (χ4v) is 3.92. The average molecular weight is 360 g/mol. The van der Waals surface area contributed by atoms with Gasteiger partial charge in [0.2, 0.25) is 11.8 Å². The van der Waals surface area contributed by atoms with Crippen LogP contribution in [-0.2, 0) is 19.4 Å². The number of nitrogens with one attached hydrogen (secondary N) is 2. The molecular formula is C15H18F2N2O4S. The summed E-state index contributed by atoms with van der Waals surface area (Å²) >= 11 is 0. The highest BCUT2D eigenvalue weighted by atomic mass is 32.2. The molecule has 0 aromatic heterocycles. The molecular weight excluding hydrogens is 342 g/mol. The van der Waals surface area contributed by atoms with Crippen LogP contribution in [0.4, 0.5) is 14.5 Å². The maximum atomic E-state index is 13.6. The number of amides is 2. The monoisotopic (exact) mass is 360 g/mol. The number of rotatable bonds is 4. The predicted octanol–water partition coefficient (Wildman–Crippen LogP) is 1.23. The molecule has 1 saturated heterocycles. The molecule has 2 N–H and O–H groups in total. The summed E-state index contributed by atoms with van der Waals surface area (Å²) in [5.41, 5.74) is -1.81. The topological polar surface area (TPSA) is 92.3 Å². The Morgan fingerprint density at radius 1 is 1.21 bits per heavy atom. The molecule has 1 atom stereocenters. The van der Waals surface area contributed by atoms with Crippen LogP contribution in [0.1, 0.15) is 20.3 Å². The molecule has 0 bridgehead atoms. The summed E-state index contributed by atoms with van der Waals surface area (Å²) in [6.45, 7) is 2.67. The molecule has 24 heavy (non-hydrogen) atoms. The first-order valence-corrected chi connectivity index (χ1v) is 9.11. The van der Waals surface area contributed by atoms with Crippen LogP contribution in [0.5, 0.6) is 0 Å². The maximum absolute atomic E-state index is 13.6. The van der Waals surface area contributed by atoms with Gasteiger partial charge in [-0.15, -0.1) is 0 Å². The molecule has 1 aromatic carbocycles. The Bertz CT molecular complexity index is 778. The third-order valence-corrected chi connectivity index (χ3v) is 5.65. The molecule has 1 heterocycles. The molecule has 1 aliphatic heterocycles. The third kappa shape index (κ3) is 4.08. The molecule has 1 aliphatic rings. The van der Waals surface area contributed by atoms with E-state index in [1.54, 1.807) is 0 Å². The Hall–Kier alpha value is -2.03. The lowest BCUT2D eigenvalue weighted by Crippen LogP contribution is -2.49. The molecule has 0 saturated carbocycles. The van der Waals surface area contributed by atoms with E-state index in [1.165, 1.54) is 13.8 Å². The van der Waals surface area contributed by atoms with Crippen molar-refractivity contribution in [2.45, 2.75) is 26.3 Å². The molecule has 132 valence electrons. The standard InChI is InChI=1S/C15H18F2N2O4S/c1-15(2,13(20)18-10-5-6-24(22,23)8-10)14(21)19-12-4-3-9(16)7-11(12)17/h3-4,7,10H,5-6,8H2,1-2H3,(H,18,20)(H,19,21). The first-order valence-electron chi connectivity index (χ1n) is 7.29. The molecule has 2 amide bonds. The lowest BCUT2D eigenvalue weighted by atomic mass is 9.90. The fraction of sp³-hybridized carbons (Fsp3) is 0.467. The van der Waals surface area contributed by atoms with Crippen LogP contribution >= 0.6 is 0 Å². The molecule has 9 heteroatoms. The van der Waals surface area contributed by atoms with Gasteiger partial charge >= 0.3 is 0 Å². The fourth-order valence-electron chi connectivity index (χ4n) is 2.25. The molecule has 1 unspecified atom stereocenters. The van der Waals surface area contributed by atoms with E-state index in [0.717, 1.165) is 12.1 Å². The van der Waals surface area contributed by atoms with E-state index in [-0.39, 0.29) is 17.2 Å². The summed E-state index contributed by atoms with van der Waals surface area (Å²) in [6.07, 6.45) is 0.290. The zero-order chi connectivity index (χ0) is 18.1. The maximum Gasteiger partial charge on any atom is 0.239 e. The number of carbonyl (C=O) groups is 2. The van der Waals surface area contributed by atoms with Crippen LogP contribution in [0.15, 0.2) is 18.2 Å². The van der Waals surface area contributed by atoms with Crippen LogP contribution in [0, 0.1) is 17.0 Å². The number of carbonyl (C=O) groups excluding carboxylic acids is 2. The quantitative estimate of drug-likeness (QED) is 0.790. The van der Waals surface area contributed by atoms with Crippen molar-refractivity contribution < 1.29 is 26.8 Å².